The van der Waals surface area contributed by atoms with E-state index in [1.54, 1.807) is 49.8 Å². The van der Waals surface area contributed by atoms with Gasteiger partial charge in [-0.15, -0.1) is 0 Å². The number of amides is 1. The van der Waals surface area contributed by atoms with Crippen molar-refractivity contribution in [2.75, 3.05) is 25.0 Å². The summed E-state index contributed by atoms with van der Waals surface area (Å²) in [6.45, 7) is 2.98. The minimum atomic E-state index is -3.89. The topological polar surface area (TPSA) is 93.5 Å². The van der Waals surface area contributed by atoms with Crippen LogP contribution in [-0.2, 0) is 16.6 Å². The molecule has 0 atom stereocenters. The van der Waals surface area contributed by atoms with Gasteiger partial charge in [0.1, 0.15) is 5.75 Å². The van der Waals surface area contributed by atoms with Crippen LogP contribution in [0.1, 0.15) is 22.3 Å². The number of anilines is 1. The van der Waals surface area contributed by atoms with Crippen LogP contribution in [0.3, 0.4) is 0 Å². The summed E-state index contributed by atoms with van der Waals surface area (Å²) in [5.41, 5.74) is 1.44. The molecule has 0 bridgehead atoms. The lowest BCUT2D eigenvalue weighted by atomic mass is 10.1. The zero-order chi connectivity index (χ0) is 22.4. The minimum absolute atomic E-state index is 0.0371. The Balaban J connectivity index is 1.76. The van der Waals surface area contributed by atoms with Crippen molar-refractivity contribution in [3.8, 4) is 5.75 Å². The molecule has 0 radical (unpaired) electrons. The zero-order valence-electron chi connectivity index (χ0n) is 17.8. The van der Waals surface area contributed by atoms with Crippen molar-refractivity contribution >= 4 is 21.6 Å². The number of sulfonamides is 1. The van der Waals surface area contributed by atoms with Crippen molar-refractivity contribution < 1.29 is 17.9 Å². The molecule has 0 aliphatic rings. The molecule has 0 fully saturated rings. The number of carbonyl (C=O) groups is 1. The quantitative estimate of drug-likeness (QED) is 0.515. The maximum Gasteiger partial charge on any atom is 0.264 e. The maximum atomic E-state index is 13.2. The van der Waals surface area contributed by atoms with Crippen LogP contribution < -0.4 is 14.4 Å². The summed E-state index contributed by atoms with van der Waals surface area (Å²) in [4.78, 5) is 16.7. The van der Waals surface area contributed by atoms with Gasteiger partial charge in [-0.2, -0.15) is 0 Å². The average molecular weight is 443 g/mol. The molecule has 1 aromatic heterocycles. The van der Waals surface area contributed by atoms with Crippen molar-refractivity contribution in [1.29, 1.82) is 0 Å². The van der Waals surface area contributed by atoms with Gasteiger partial charge in [0, 0.05) is 38.1 Å². The van der Waals surface area contributed by atoms with Gasteiger partial charge in [-0.25, -0.2) is 13.4 Å². The van der Waals surface area contributed by atoms with Gasteiger partial charge in [-0.3, -0.25) is 9.10 Å². The van der Waals surface area contributed by atoms with E-state index < -0.39 is 10.0 Å². The Morgan fingerprint density at radius 3 is 2.71 bits per heavy atom. The molecule has 31 heavy (non-hydrogen) atoms. The van der Waals surface area contributed by atoms with Gasteiger partial charge >= 0.3 is 0 Å². The second kappa shape index (κ2) is 9.65. The van der Waals surface area contributed by atoms with Crippen molar-refractivity contribution in [3.05, 3.63) is 72.3 Å². The van der Waals surface area contributed by atoms with Crippen molar-refractivity contribution in [3.63, 3.8) is 0 Å². The standard InChI is InChI=1S/C22H26N4O4S/c1-17-9-10-18(31(28,29)25(2)20-7-4-5-8-21(20)30-3)15-19(17)22(27)24-11-6-13-26-14-12-23-16-26/h4-5,7-10,12,14-16H,6,11,13H2,1-3H3,(H,24,27). The Hall–Kier alpha value is -3.33. The van der Waals surface area contributed by atoms with Gasteiger partial charge < -0.3 is 14.6 Å². The van der Waals surface area contributed by atoms with Crippen LogP contribution in [0, 0.1) is 6.92 Å². The fraction of sp³-hybridized carbons (Fsp3) is 0.273. The van der Waals surface area contributed by atoms with E-state index in [4.69, 9.17) is 4.74 Å². The molecule has 9 heteroatoms. The number of aromatic nitrogens is 2. The Morgan fingerprint density at radius 1 is 1.23 bits per heavy atom. The minimum Gasteiger partial charge on any atom is -0.495 e. The summed E-state index contributed by atoms with van der Waals surface area (Å²) in [5.74, 6) is 0.136. The third-order valence-corrected chi connectivity index (χ3v) is 6.74. The fourth-order valence-electron chi connectivity index (χ4n) is 3.16. The third-order valence-electron chi connectivity index (χ3n) is 4.97. The van der Waals surface area contributed by atoms with Crippen LogP contribution >= 0.6 is 0 Å². The van der Waals surface area contributed by atoms with Crippen molar-refractivity contribution in [2.24, 2.45) is 0 Å². The third kappa shape index (κ3) is 5.05. The molecule has 3 rings (SSSR count). The number of benzene rings is 2. The summed E-state index contributed by atoms with van der Waals surface area (Å²) in [7, 11) is -0.941. The van der Waals surface area contributed by atoms with E-state index in [0.29, 0.717) is 29.1 Å². The first-order chi connectivity index (χ1) is 14.8. The Kier molecular flexibility index (Phi) is 6.96. The monoisotopic (exact) mass is 442 g/mol. The smallest absolute Gasteiger partial charge is 0.264 e. The van der Waals surface area contributed by atoms with E-state index in [0.717, 1.165) is 17.3 Å². The lowest BCUT2D eigenvalue weighted by molar-refractivity contribution is 0.0952. The molecule has 0 saturated carbocycles. The predicted molar refractivity (Wildman–Crippen MR) is 119 cm³/mol. The maximum absolute atomic E-state index is 13.2. The molecular formula is C22H26N4O4S. The molecule has 0 saturated heterocycles. The normalized spacial score (nSPS) is 11.2. The van der Waals surface area contributed by atoms with Crippen LogP contribution in [0.5, 0.6) is 5.75 Å². The first-order valence-electron chi connectivity index (χ1n) is 9.81. The van der Waals surface area contributed by atoms with E-state index in [2.05, 4.69) is 10.3 Å². The zero-order valence-corrected chi connectivity index (χ0v) is 18.6. The number of rotatable bonds is 9. The van der Waals surface area contributed by atoms with Gasteiger partial charge in [0.15, 0.2) is 0 Å². The van der Waals surface area contributed by atoms with Gasteiger partial charge in [-0.05, 0) is 43.2 Å². The van der Waals surface area contributed by atoms with Crippen LogP contribution in [0.15, 0.2) is 66.1 Å². The van der Waals surface area contributed by atoms with Gasteiger partial charge in [-0.1, -0.05) is 18.2 Å². The number of carbonyl (C=O) groups excluding carboxylic acids is 1. The summed E-state index contributed by atoms with van der Waals surface area (Å²) in [6, 6.07) is 11.4. The molecule has 0 aliphatic heterocycles. The summed E-state index contributed by atoms with van der Waals surface area (Å²) in [6.07, 6.45) is 6.02. The van der Waals surface area contributed by atoms with Crippen molar-refractivity contribution in [2.45, 2.75) is 24.8 Å². The molecule has 8 nitrogen and oxygen atoms in total. The van der Waals surface area contributed by atoms with E-state index in [-0.39, 0.29) is 10.8 Å². The highest BCUT2D eigenvalue weighted by Gasteiger charge is 2.25. The number of nitrogens with one attached hydrogen (secondary N) is 1. The van der Waals surface area contributed by atoms with E-state index in [1.807, 2.05) is 10.8 Å². The second-order valence-electron chi connectivity index (χ2n) is 7.03. The molecule has 0 unspecified atom stereocenters. The number of methoxy groups -OCH3 is 1. The second-order valence-corrected chi connectivity index (χ2v) is 9.00. The number of imidazole rings is 1. The molecule has 1 amide bonds. The number of nitrogens with zero attached hydrogens (tertiary/aromatic N) is 3. The number of ether oxygens (including phenoxy) is 1. The Morgan fingerprint density at radius 2 is 2.00 bits per heavy atom. The van der Waals surface area contributed by atoms with Gasteiger partial charge in [0.25, 0.3) is 15.9 Å². The lowest BCUT2D eigenvalue weighted by Crippen LogP contribution is -2.29. The fourth-order valence-corrected chi connectivity index (χ4v) is 4.39. The first kappa shape index (κ1) is 22.4. The van der Waals surface area contributed by atoms with Gasteiger partial charge in [0.2, 0.25) is 0 Å². The number of hydrogen-bond acceptors (Lipinski definition) is 5. The molecule has 164 valence electrons. The van der Waals surface area contributed by atoms with Crippen LogP contribution in [-0.4, -0.2) is 44.6 Å². The van der Waals surface area contributed by atoms with Crippen LogP contribution in [0.4, 0.5) is 5.69 Å². The Labute approximate surface area is 182 Å². The van der Waals surface area contributed by atoms with Crippen LogP contribution in [0.25, 0.3) is 0 Å². The summed E-state index contributed by atoms with van der Waals surface area (Å²) < 4.78 is 34.8. The molecule has 2 aromatic carbocycles. The molecule has 1 N–H and O–H groups in total. The highest BCUT2D eigenvalue weighted by Crippen LogP contribution is 2.31. The van der Waals surface area contributed by atoms with Crippen LogP contribution in [0.2, 0.25) is 0 Å². The first-order valence-corrected chi connectivity index (χ1v) is 11.2. The van der Waals surface area contributed by atoms with E-state index in [1.165, 1.54) is 26.3 Å². The predicted octanol–water partition coefficient (Wildman–Crippen LogP) is 2.85. The largest absolute Gasteiger partial charge is 0.495 e. The molecule has 0 spiro atoms. The number of aryl methyl sites for hydroxylation is 2. The SMILES string of the molecule is COc1ccccc1N(C)S(=O)(=O)c1ccc(C)c(C(=O)NCCCn2ccnc2)c1. The molecule has 0 aliphatic carbocycles. The van der Waals surface area contributed by atoms with Crippen molar-refractivity contribution in [1.82, 2.24) is 14.9 Å². The summed E-state index contributed by atoms with van der Waals surface area (Å²) >= 11 is 0. The molecule has 1 heterocycles. The highest BCUT2D eigenvalue weighted by molar-refractivity contribution is 7.92. The van der Waals surface area contributed by atoms with E-state index in [9.17, 15) is 13.2 Å². The summed E-state index contributed by atoms with van der Waals surface area (Å²) in [5, 5.41) is 2.86. The highest BCUT2D eigenvalue weighted by atomic mass is 32.2. The van der Waals surface area contributed by atoms with Gasteiger partial charge in [0.05, 0.1) is 24.0 Å². The van der Waals surface area contributed by atoms with E-state index >= 15 is 0 Å². The Bertz CT molecular complexity index is 1140. The number of hydrogen-bond donors (Lipinski definition) is 1. The average Bonchev–Trinajstić information content (AvgIpc) is 3.29. The lowest BCUT2D eigenvalue weighted by Gasteiger charge is -2.22. The molecular weight excluding hydrogens is 416 g/mol. The molecule has 3 aromatic rings. The number of para-hydroxylation sites is 2.